The predicted octanol–water partition coefficient (Wildman–Crippen LogP) is 4.03. The van der Waals surface area contributed by atoms with Gasteiger partial charge in [0.2, 0.25) is 0 Å². The highest BCUT2D eigenvalue weighted by Crippen LogP contribution is 2.44. The first-order chi connectivity index (χ1) is 30.8. The molecule has 382 valence electrons. The van der Waals surface area contributed by atoms with Crippen molar-refractivity contribution in [3.63, 3.8) is 0 Å². The number of nitrogens with one attached hydrogen (secondary N) is 2. The van der Waals surface area contributed by atoms with Gasteiger partial charge in [0.05, 0.1) is 56.2 Å². The number of carbonyl (C=O) groups excluding carboxylic acids is 1. The highest BCUT2D eigenvalue weighted by atomic mass is 16.7. The molecule has 66 heavy (non-hydrogen) atoms. The Morgan fingerprint density at radius 2 is 1.59 bits per heavy atom. The van der Waals surface area contributed by atoms with E-state index in [0.29, 0.717) is 36.8 Å². The lowest BCUT2D eigenvalue weighted by Gasteiger charge is -2.53. The summed E-state index contributed by atoms with van der Waals surface area (Å²) in [6, 6.07) is 4.45. The number of esters is 1. The van der Waals surface area contributed by atoms with Crippen LogP contribution < -0.4 is 24.8 Å². The van der Waals surface area contributed by atoms with Crippen molar-refractivity contribution < 1.29 is 67.9 Å². The van der Waals surface area contributed by atoms with Crippen molar-refractivity contribution >= 4 is 5.97 Å². The molecule has 0 amide bonds. The van der Waals surface area contributed by atoms with E-state index in [-0.39, 0.29) is 43.9 Å². The van der Waals surface area contributed by atoms with Crippen LogP contribution in [-0.2, 0) is 33.2 Å². The lowest BCUT2D eigenvalue weighted by Crippen LogP contribution is -2.70. The zero-order valence-electron chi connectivity index (χ0n) is 42.8. The molecule has 6 N–H and O–H groups in total. The molecule has 18 atom stereocenters. The van der Waals surface area contributed by atoms with Crippen LogP contribution in [-0.4, -0.2) is 176 Å². The monoisotopic (exact) mass is 942 g/mol. The minimum Gasteiger partial charge on any atom is -0.497 e. The van der Waals surface area contributed by atoms with Gasteiger partial charge in [-0.2, -0.15) is 0 Å². The van der Waals surface area contributed by atoms with Crippen molar-refractivity contribution in [2.75, 3.05) is 55.1 Å². The van der Waals surface area contributed by atoms with Gasteiger partial charge >= 0.3 is 5.97 Å². The van der Waals surface area contributed by atoms with Gasteiger partial charge in [-0.25, -0.2) is 0 Å². The molecule has 4 rings (SSSR count). The summed E-state index contributed by atoms with van der Waals surface area (Å²) >= 11 is 0. The number of nitrogens with zero attached hydrogens (tertiary/aromatic N) is 1. The van der Waals surface area contributed by atoms with Crippen LogP contribution >= 0.6 is 0 Å². The fourth-order valence-electron chi connectivity index (χ4n) is 10.3. The largest absolute Gasteiger partial charge is 0.497 e. The number of carbonyl (C=O) groups is 1. The number of aliphatic hydroxyl groups is 4. The van der Waals surface area contributed by atoms with Crippen molar-refractivity contribution in [2.45, 2.75) is 198 Å². The number of likely N-dealkylation sites (N-methyl/N-ethyl adjacent to an activating group) is 1. The van der Waals surface area contributed by atoms with Gasteiger partial charge in [-0.3, -0.25) is 4.79 Å². The lowest BCUT2D eigenvalue weighted by atomic mass is 9.75. The van der Waals surface area contributed by atoms with Crippen LogP contribution in [0.25, 0.3) is 0 Å². The third-order valence-corrected chi connectivity index (χ3v) is 14.6. The smallest absolute Gasteiger partial charge is 0.311 e. The van der Waals surface area contributed by atoms with Crippen LogP contribution in [0.1, 0.15) is 108 Å². The zero-order valence-corrected chi connectivity index (χ0v) is 42.8. The molecule has 1 aromatic carbocycles. The highest BCUT2D eigenvalue weighted by Gasteiger charge is 2.58. The van der Waals surface area contributed by atoms with Crippen LogP contribution in [0.4, 0.5) is 0 Å². The molecule has 3 fully saturated rings. The molecule has 1 aromatic rings. The molecule has 0 unspecified atom stereocenters. The second-order valence-corrected chi connectivity index (χ2v) is 20.3. The van der Waals surface area contributed by atoms with Crippen LogP contribution in [0.2, 0.25) is 0 Å². The molecule has 0 bridgehead atoms. The number of benzene rings is 1. The molecule has 17 heteroatoms. The van der Waals surface area contributed by atoms with E-state index >= 15 is 0 Å². The number of aliphatic hydroxyl groups excluding tert-OH is 1. The Hall–Kier alpha value is -2.39. The van der Waals surface area contributed by atoms with E-state index in [1.165, 1.54) is 6.92 Å². The van der Waals surface area contributed by atoms with Gasteiger partial charge in [-0.05, 0) is 119 Å². The van der Waals surface area contributed by atoms with Gasteiger partial charge in [-0.1, -0.05) is 27.7 Å². The number of ether oxygens (including phenoxy) is 9. The van der Waals surface area contributed by atoms with E-state index in [0.717, 1.165) is 6.42 Å². The maximum absolute atomic E-state index is 14.6. The summed E-state index contributed by atoms with van der Waals surface area (Å²) in [5.74, 6) is -1.28. The average molecular weight is 942 g/mol. The number of cyclic esters (lactones) is 1. The number of hydrogen-bond donors (Lipinski definition) is 6. The molecule has 3 heterocycles. The van der Waals surface area contributed by atoms with Gasteiger partial charge in [0.25, 0.3) is 0 Å². The molecule has 0 aromatic heterocycles. The summed E-state index contributed by atoms with van der Waals surface area (Å²) in [4.78, 5) is 16.7. The van der Waals surface area contributed by atoms with Gasteiger partial charge in [-0.15, -0.1) is 0 Å². The Kier molecular flexibility index (Phi) is 20.0. The third-order valence-electron chi connectivity index (χ3n) is 14.6. The van der Waals surface area contributed by atoms with Gasteiger partial charge in [0.1, 0.15) is 34.8 Å². The standard InChI is InChI=1S/C49H87N3O14/c1-17-21-50-27-49(57)33(8)62-39(25-47(49,10)60-16)65-40-30(5)43(46(9,55)24-28(3)26-51-32(7)42(53)48(11,56)38(18-2)64-44(54)31(40)6)66-45-41(35(52(12)13)22-29(4)61-45)63-36-20-19-34(58-14)23-37(36)59-15/h19-20,23,28-33,35,38-43,45,50-51,53,55-57H,17-18,21-22,24-27H2,1-16H3/t28-,29-,30+,31-,32-,33+,35+,38-,39+,40+,41-,42-,43-,45+,46-,47-,48-,49+/m1/s1. The average Bonchev–Trinajstić information content (AvgIpc) is 3.26. The Morgan fingerprint density at radius 1 is 0.909 bits per heavy atom. The fraction of sp³-hybridized carbons (Fsp3) is 0.857. The number of rotatable bonds is 15. The Bertz CT molecular complexity index is 1670. The normalized spacial score (nSPS) is 42.2. The summed E-state index contributed by atoms with van der Waals surface area (Å²) in [6.45, 7) is 21.1. The molecule has 3 aliphatic heterocycles. The third kappa shape index (κ3) is 12.7. The summed E-state index contributed by atoms with van der Waals surface area (Å²) in [5.41, 5.74) is -6.06. The van der Waals surface area contributed by atoms with E-state index in [1.807, 2.05) is 48.7 Å². The molecule has 0 saturated carbocycles. The van der Waals surface area contributed by atoms with E-state index in [1.54, 1.807) is 74.1 Å². The zero-order chi connectivity index (χ0) is 49.5. The first kappa shape index (κ1) is 56.2. The second kappa shape index (κ2) is 23.5. The molecule has 3 aliphatic rings. The quantitative estimate of drug-likeness (QED) is 0.108. The maximum atomic E-state index is 14.6. The SMILES string of the molecule is CCCNC[C@]1(O)[C@H](C)O[C@@H](O[C@H]2[C@H](C)[C@@H](O[C@@H]3O[C@H](C)C[C@H](N(C)C)[C@H]3Oc3ccc(OC)cc3OC)[C@](C)(O)C[C@@H](C)CN[C@H](C)[C@@H](O)[C@](C)(O)[C@@H](CC)OC(=O)[C@@H]2C)C[C@@]1(C)OC. The van der Waals surface area contributed by atoms with Crippen LogP contribution in [0.15, 0.2) is 18.2 Å². The maximum Gasteiger partial charge on any atom is 0.311 e. The number of hydrogen-bond acceptors (Lipinski definition) is 17. The van der Waals surface area contributed by atoms with Gasteiger partial charge in [0.15, 0.2) is 30.2 Å². The lowest BCUT2D eigenvalue weighted by molar-refractivity contribution is -0.335. The predicted molar refractivity (Wildman–Crippen MR) is 250 cm³/mol. The fourth-order valence-corrected chi connectivity index (χ4v) is 10.3. The van der Waals surface area contributed by atoms with Gasteiger partial charge in [0, 0.05) is 38.1 Å². The van der Waals surface area contributed by atoms with E-state index in [9.17, 15) is 25.2 Å². The van der Waals surface area contributed by atoms with Crippen molar-refractivity contribution in [1.29, 1.82) is 0 Å². The van der Waals surface area contributed by atoms with Crippen molar-refractivity contribution in [3.8, 4) is 17.2 Å². The molecular formula is C49H87N3O14. The van der Waals surface area contributed by atoms with Crippen LogP contribution in [0.3, 0.4) is 0 Å². The topological polar surface area (TPSA) is 208 Å². The summed E-state index contributed by atoms with van der Waals surface area (Å²) in [6.07, 6.45) is -6.52. The Labute approximate surface area is 394 Å². The highest BCUT2D eigenvalue weighted by molar-refractivity contribution is 5.73. The second-order valence-electron chi connectivity index (χ2n) is 20.3. The Balaban J connectivity index is 1.88. The van der Waals surface area contributed by atoms with Crippen molar-refractivity contribution in [3.05, 3.63) is 18.2 Å². The molecule has 0 radical (unpaired) electrons. The molecule has 3 saturated heterocycles. The van der Waals surface area contributed by atoms with Crippen molar-refractivity contribution in [1.82, 2.24) is 15.5 Å². The van der Waals surface area contributed by atoms with E-state index < -0.39 is 95.5 Å². The summed E-state index contributed by atoms with van der Waals surface area (Å²) < 4.78 is 57.7. The Morgan fingerprint density at radius 3 is 2.18 bits per heavy atom. The minimum atomic E-state index is -1.84. The first-order valence-corrected chi connectivity index (χ1v) is 24.1. The van der Waals surface area contributed by atoms with E-state index in [4.69, 9.17) is 42.6 Å². The summed E-state index contributed by atoms with van der Waals surface area (Å²) in [7, 11) is 8.61. The van der Waals surface area contributed by atoms with Crippen LogP contribution in [0, 0.1) is 17.8 Å². The number of methoxy groups -OCH3 is 3. The minimum absolute atomic E-state index is 0.0809. The van der Waals surface area contributed by atoms with Crippen molar-refractivity contribution in [2.24, 2.45) is 17.8 Å². The molecule has 0 aliphatic carbocycles. The van der Waals surface area contributed by atoms with Crippen LogP contribution in [0.5, 0.6) is 17.2 Å². The summed E-state index contributed by atoms with van der Waals surface area (Å²) in [5, 5.41) is 55.2. The van der Waals surface area contributed by atoms with E-state index in [2.05, 4.69) is 15.5 Å². The molecule has 0 spiro atoms. The first-order valence-electron chi connectivity index (χ1n) is 24.1. The molecular weight excluding hydrogens is 855 g/mol. The van der Waals surface area contributed by atoms with Gasteiger partial charge < -0.3 is 78.6 Å². The molecule has 17 nitrogen and oxygen atoms in total.